The Morgan fingerprint density at radius 2 is 1.91 bits per heavy atom. The van der Waals surface area contributed by atoms with E-state index in [1.54, 1.807) is 0 Å². The summed E-state index contributed by atoms with van der Waals surface area (Å²) in [6.07, 6.45) is 8.10. The van der Waals surface area contributed by atoms with Gasteiger partial charge in [0.1, 0.15) is 0 Å². The summed E-state index contributed by atoms with van der Waals surface area (Å²) in [7, 11) is 0. The van der Waals surface area contributed by atoms with Crippen LogP contribution in [0.15, 0.2) is 30.5 Å². The summed E-state index contributed by atoms with van der Waals surface area (Å²) >= 11 is 5.92. The van der Waals surface area contributed by atoms with Gasteiger partial charge in [-0.1, -0.05) is 18.9 Å². The highest BCUT2D eigenvalue weighted by Crippen LogP contribution is 2.44. The molecule has 3 aliphatic rings. The van der Waals surface area contributed by atoms with Crippen molar-refractivity contribution >= 4 is 17.3 Å². The van der Waals surface area contributed by atoms with Gasteiger partial charge in [0.15, 0.2) is 5.11 Å². The van der Waals surface area contributed by atoms with Crippen LogP contribution in [0.2, 0.25) is 0 Å². The third-order valence-corrected chi connectivity index (χ3v) is 8.07. The van der Waals surface area contributed by atoms with Gasteiger partial charge in [0.25, 0.3) is 0 Å². The van der Waals surface area contributed by atoms with Crippen LogP contribution in [0, 0.1) is 13.8 Å². The molecule has 0 amide bonds. The topological polar surface area (TPSA) is 45.6 Å². The number of thiocarbonyl (C=S) groups is 1. The Hall–Kier alpha value is -1.96. The highest BCUT2D eigenvalue weighted by Gasteiger charge is 2.44. The van der Waals surface area contributed by atoms with Crippen molar-refractivity contribution < 1.29 is 4.74 Å². The van der Waals surface area contributed by atoms with Crippen molar-refractivity contribution in [2.45, 2.75) is 70.6 Å². The molecule has 0 aromatic carbocycles. The predicted octanol–water partition coefficient (Wildman–Crippen LogP) is 4.14. The van der Waals surface area contributed by atoms with Crippen molar-refractivity contribution in [3.05, 3.63) is 53.1 Å². The number of hydrogen-bond donors (Lipinski definition) is 1. The van der Waals surface area contributed by atoms with Gasteiger partial charge in [-0.25, -0.2) is 0 Å². The molecule has 3 fully saturated rings. The molecule has 1 N–H and O–H groups in total. The van der Waals surface area contributed by atoms with E-state index in [1.807, 2.05) is 12.3 Å². The van der Waals surface area contributed by atoms with Gasteiger partial charge in [0.2, 0.25) is 0 Å². The summed E-state index contributed by atoms with van der Waals surface area (Å²) < 4.78 is 8.01. The Labute approximate surface area is 203 Å². The first-order valence-corrected chi connectivity index (χ1v) is 13.0. The first-order chi connectivity index (χ1) is 16.1. The summed E-state index contributed by atoms with van der Waals surface area (Å²) in [4.78, 5) is 9.76. The Balaban J connectivity index is 1.41. The largest absolute Gasteiger partial charge is 0.379 e. The van der Waals surface area contributed by atoms with Crippen LogP contribution in [0.5, 0.6) is 0 Å². The van der Waals surface area contributed by atoms with E-state index in [9.17, 15) is 0 Å². The minimum Gasteiger partial charge on any atom is -0.379 e. The molecule has 33 heavy (non-hydrogen) atoms. The molecule has 1 saturated carbocycles. The quantitative estimate of drug-likeness (QED) is 0.618. The summed E-state index contributed by atoms with van der Waals surface area (Å²) in [6.45, 7) is 10.6. The predicted molar refractivity (Wildman–Crippen MR) is 135 cm³/mol. The second-order valence-corrected chi connectivity index (χ2v) is 10.1. The zero-order valence-corrected chi connectivity index (χ0v) is 20.8. The number of pyridine rings is 1. The molecule has 4 heterocycles. The van der Waals surface area contributed by atoms with E-state index in [-0.39, 0.29) is 12.1 Å². The lowest BCUT2D eigenvalue weighted by molar-refractivity contribution is 0.0369. The van der Waals surface area contributed by atoms with Crippen LogP contribution in [-0.2, 0) is 11.3 Å². The monoisotopic (exact) mass is 467 g/mol. The highest BCUT2D eigenvalue weighted by molar-refractivity contribution is 7.80. The molecule has 2 aromatic rings. The first kappa shape index (κ1) is 22.8. The van der Waals surface area contributed by atoms with Crippen molar-refractivity contribution in [2.75, 3.05) is 32.8 Å². The number of aromatic nitrogens is 2. The molecule has 2 saturated heterocycles. The molecule has 6 nitrogen and oxygen atoms in total. The Morgan fingerprint density at radius 1 is 1.12 bits per heavy atom. The van der Waals surface area contributed by atoms with Crippen molar-refractivity contribution in [2.24, 2.45) is 0 Å². The Bertz CT molecular complexity index is 949. The molecule has 2 aliphatic heterocycles. The Morgan fingerprint density at radius 3 is 2.64 bits per heavy atom. The molecule has 7 heteroatoms. The van der Waals surface area contributed by atoms with Crippen molar-refractivity contribution in [3.8, 4) is 0 Å². The molecule has 2 aromatic heterocycles. The molecule has 178 valence electrons. The maximum absolute atomic E-state index is 5.92. The van der Waals surface area contributed by atoms with Gasteiger partial charge < -0.3 is 19.5 Å². The molecule has 0 bridgehead atoms. The van der Waals surface area contributed by atoms with Crippen LogP contribution in [0.25, 0.3) is 0 Å². The third kappa shape index (κ3) is 4.68. The van der Waals surface area contributed by atoms with Gasteiger partial charge in [0.05, 0.1) is 31.0 Å². The molecule has 1 aliphatic carbocycles. The average Bonchev–Trinajstić information content (AvgIpc) is 3.54. The van der Waals surface area contributed by atoms with Gasteiger partial charge in [-0.05, 0) is 69.1 Å². The fraction of sp³-hybridized carbons (Fsp3) is 0.615. The van der Waals surface area contributed by atoms with E-state index in [0.717, 1.165) is 56.6 Å². The van der Waals surface area contributed by atoms with E-state index in [2.05, 4.69) is 51.7 Å². The van der Waals surface area contributed by atoms with Crippen molar-refractivity contribution in [1.29, 1.82) is 0 Å². The number of rotatable bonds is 7. The fourth-order valence-electron chi connectivity index (χ4n) is 6.02. The molecule has 0 spiro atoms. The van der Waals surface area contributed by atoms with Gasteiger partial charge in [0, 0.05) is 49.8 Å². The van der Waals surface area contributed by atoms with Gasteiger partial charge in [-0.15, -0.1) is 0 Å². The van der Waals surface area contributed by atoms with Crippen molar-refractivity contribution in [3.63, 3.8) is 0 Å². The maximum atomic E-state index is 5.92. The second-order valence-electron chi connectivity index (χ2n) is 9.76. The summed E-state index contributed by atoms with van der Waals surface area (Å²) in [5, 5.41) is 4.54. The van der Waals surface area contributed by atoms with Gasteiger partial charge in [-0.2, -0.15) is 0 Å². The maximum Gasteiger partial charge on any atom is 0.170 e. The normalized spacial score (nSPS) is 24.5. The molecular formula is C26H37N5OS. The minimum absolute atomic E-state index is 0.0848. The van der Waals surface area contributed by atoms with Crippen LogP contribution in [0.1, 0.15) is 66.8 Å². The average molecular weight is 468 g/mol. The molecular weight excluding hydrogens is 430 g/mol. The van der Waals surface area contributed by atoms with Crippen LogP contribution < -0.4 is 5.32 Å². The lowest BCUT2D eigenvalue weighted by Gasteiger charge is -2.33. The van der Waals surface area contributed by atoms with E-state index in [0.29, 0.717) is 6.04 Å². The summed E-state index contributed by atoms with van der Waals surface area (Å²) in [5.41, 5.74) is 5.18. The lowest BCUT2D eigenvalue weighted by atomic mass is 9.95. The SMILES string of the molecule is Cc1cc(C2C(c3ccccn3)NC(=S)N2C2CCCC2)c(C)n1CCCN1CCOCC1. The van der Waals surface area contributed by atoms with Gasteiger partial charge >= 0.3 is 0 Å². The third-order valence-electron chi connectivity index (χ3n) is 7.74. The number of hydrogen-bond acceptors (Lipinski definition) is 4. The minimum atomic E-state index is 0.0848. The van der Waals surface area contributed by atoms with Gasteiger partial charge in [-0.3, -0.25) is 9.88 Å². The second kappa shape index (κ2) is 10.1. The highest BCUT2D eigenvalue weighted by atomic mass is 32.1. The molecule has 0 radical (unpaired) electrons. The number of nitrogens with zero attached hydrogens (tertiary/aromatic N) is 4. The van der Waals surface area contributed by atoms with Crippen LogP contribution in [-0.4, -0.2) is 63.4 Å². The molecule has 2 unspecified atom stereocenters. The zero-order chi connectivity index (χ0) is 22.8. The molecule has 5 rings (SSSR count). The first-order valence-electron chi connectivity index (χ1n) is 12.6. The summed E-state index contributed by atoms with van der Waals surface area (Å²) in [6, 6.07) is 9.40. The number of nitrogens with one attached hydrogen (secondary N) is 1. The number of morpholine rings is 1. The summed E-state index contributed by atoms with van der Waals surface area (Å²) in [5.74, 6) is 0. The van der Waals surface area contributed by atoms with E-state index in [4.69, 9.17) is 21.9 Å². The van der Waals surface area contributed by atoms with Crippen LogP contribution in [0.3, 0.4) is 0 Å². The van der Waals surface area contributed by atoms with Crippen LogP contribution in [0.4, 0.5) is 0 Å². The van der Waals surface area contributed by atoms with E-state index in [1.165, 1.54) is 42.6 Å². The zero-order valence-electron chi connectivity index (χ0n) is 20.0. The number of ether oxygens (including phenoxy) is 1. The smallest absolute Gasteiger partial charge is 0.170 e. The lowest BCUT2D eigenvalue weighted by Crippen LogP contribution is -2.37. The standard InChI is InChI=1S/C26H37N5OS/c1-19-18-22(20(2)30(19)13-7-12-29-14-16-32-17-15-29)25-24(23-10-5-6-11-27-23)28-26(33)31(25)21-8-3-4-9-21/h5-6,10-11,18,21,24-25H,3-4,7-9,12-17H2,1-2H3,(H,28,33). The van der Waals surface area contributed by atoms with Crippen molar-refractivity contribution in [1.82, 2.24) is 24.7 Å². The fourth-order valence-corrected chi connectivity index (χ4v) is 6.41. The Kier molecular flexibility index (Phi) is 6.99. The van der Waals surface area contributed by atoms with E-state index >= 15 is 0 Å². The van der Waals surface area contributed by atoms with Crippen LogP contribution >= 0.6 is 12.2 Å². The number of aryl methyl sites for hydroxylation is 1. The van der Waals surface area contributed by atoms with E-state index < -0.39 is 0 Å². The molecule has 2 atom stereocenters.